The summed E-state index contributed by atoms with van der Waals surface area (Å²) in [5, 5.41) is 21.1. The minimum atomic E-state index is -5.51. The number of aryl methyl sites for hydroxylation is 1. The topological polar surface area (TPSA) is 338 Å². The van der Waals surface area contributed by atoms with Crippen LogP contribution in [-0.2, 0) is 47.9 Å². The van der Waals surface area contributed by atoms with Crippen molar-refractivity contribution >= 4 is 40.4 Å². The molecule has 2 aliphatic rings. The summed E-state index contributed by atoms with van der Waals surface area (Å²) in [7, 11) is -16.3. The molecule has 0 unspecified atom stereocenters. The smallest absolute Gasteiger partial charge is 0.394 e. The van der Waals surface area contributed by atoms with E-state index >= 15 is 0 Å². The Kier molecular flexibility index (Phi) is 11.2. The maximum absolute atomic E-state index is 12.3. The van der Waals surface area contributed by atoms with Crippen molar-refractivity contribution in [3.63, 3.8) is 0 Å². The number of anilines is 1. The highest BCUT2D eigenvalue weighted by atomic mass is 31.2. The van der Waals surface area contributed by atoms with Crippen LogP contribution in [0, 0.1) is 0 Å². The number of nitrogens with zero attached hydrogens (tertiary/aromatic N) is 4. The van der Waals surface area contributed by atoms with Gasteiger partial charge in [0.15, 0.2) is 24.0 Å². The molecule has 22 nitrogen and oxygen atoms in total. The molecule has 25 heteroatoms. The number of benzene rings is 1. The Labute approximate surface area is 270 Å². The van der Waals surface area contributed by atoms with Crippen molar-refractivity contribution in [2.24, 2.45) is 0 Å². The normalized spacial score (nSPS) is 30.2. The fraction of sp³-hybridized carbons (Fsp3) is 0.522. The fourth-order valence-electron chi connectivity index (χ4n) is 5.48. The number of hydrogen-bond donors (Lipinski definition) is 9. The SMILES string of the molecule is Nc1ncnc2c1ncn2[C@@H]1O[C@H](CCc2ccccc2)[C@@H](O[C@H]2O[C@H](CO)[C@@H](OP(=O)(O)O)[C@H](OP(=O)(O)O)[C@H]2O)[C@H]1OP(=O)(O)O. The van der Waals surface area contributed by atoms with Gasteiger partial charge in [-0.2, -0.15) is 0 Å². The maximum atomic E-state index is 12.3. The van der Waals surface area contributed by atoms with Gasteiger partial charge in [-0.15, -0.1) is 0 Å². The summed E-state index contributed by atoms with van der Waals surface area (Å²) in [6, 6.07) is 8.96. The summed E-state index contributed by atoms with van der Waals surface area (Å²) < 4.78 is 69.0. The molecule has 0 saturated carbocycles. The highest BCUT2D eigenvalue weighted by Gasteiger charge is 2.56. The molecule has 3 aromatic rings. The van der Waals surface area contributed by atoms with Gasteiger partial charge in [0.1, 0.15) is 48.5 Å². The molecule has 9 atom stereocenters. The van der Waals surface area contributed by atoms with E-state index in [1.807, 2.05) is 0 Å². The largest absolute Gasteiger partial charge is 0.470 e. The number of nitrogen functional groups attached to an aromatic ring is 1. The number of hydrogen-bond acceptors (Lipinski definition) is 15. The zero-order chi connectivity index (χ0) is 35.0. The zero-order valence-corrected chi connectivity index (χ0v) is 27.0. The summed E-state index contributed by atoms with van der Waals surface area (Å²) in [5.74, 6) is -0.0189. The van der Waals surface area contributed by atoms with E-state index in [0.29, 0.717) is 6.42 Å². The highest BCUT2D eigenvalue weighted by Crippen LogP contribution is 2.49. The number of imidazole rings is 1. The monoisotopic (exact) mass is 743 g/mol. The molecular weight excluding hydrogens is 711 g/mol. The first kappa shape index (κ1) is 37.0. The van der Waals surface area contributed by atoms with Crippen LogP contribution in [-0.4, -0.2) is 115 Å². The molecule has 266 valence electrons. The predicted molar refractivity (Wildman–Crippen MR) is 156 cm³/mol. The number of nitrogens with two attached hydrogens (primary N) is 1. The van der Waals surface area contributed by atoms with E-state index in [2.05, 4.69) is 24.0 Å². The van der Waals surface area contributed by atoms with E-state index in [9.17, 15) is 53.3 Å². The number of aliphatic hydroxyl groups excluding tert-OH is 2. The first-order chi connectivity index (χ1) is 22.4. The number of aliphatic hydroxyl groups is 2. The summed E-state index contributed by atoms with van der Waals surface area (Å²) in [4.78, 5) is 69.7. The molecule has 0 bridgehead atoms. The lowest BCUT2D eigenvalue weighted by molar-refractivity contribution is -0.312. The van der Waals surface area contributed by atoms with Crippen LogP contribution in [0.2, 0.25) is 0 Å². The number of rotatable bonds is 13. The average molecular weight is 743 g/mol. The molecule has 1 aromatic carbocycles. The number of ether oxygens (including phenoxy) is 3. The van der Waals surface area contributed by atoms with Crippen molar-refractivity contribution in [2.45, 2.75) is 68.1 Å². The third-order valence-corrected chi connectivity index (χ3v) is 8.92. The second kappa shape index (κ2) is 14.5. The Morgan fingerprint density at radius 2 is 1.44 bits per heavy atom. The van der Waals surface area contributed by atoms with Gasteiger partial charge in [0, 0.05) is 0 Å². The van der Waals surface area contributed by atoms with Crippen LogP contribution in [0.25, 0.3) is 11.2 Å². The fourth-order valence-corrected chi connectivity index (χ4v) is 7.16. The van der Waals surface area contributed by atoms with E-state index < -0.39 is 85.3 Å². The molecule has 0 aliphatic carbocycles. The van der Waals surface area contributed by atoms with Crippen molar-refractivity contribution in [1.29, 1.82) is 0 Å². The molecule has 4 heterocycles. The zero-order valence-electron chi connectivity index (χ0n) is 24.3. The van der Waals surface area contributed by atoms with Crippen molar-refractivity contribution in [2.75, 3.05) is 12.3 Å². The van der Waals surface area contributed by atoms with Gasteiger partial charge in [0.2, 0.25) is 0 Å². The minimum absolute atomic E-state index is 0.0189. The van der Waals surface area contributed by atoms with Crippen LogP contribution in [0.4, 0.5) is 5.82 Å². The minimum Gasteiger partial charge on any atom is -0.394 e. The van der Waals surface area contributed by atoms with Crippen LogP contribution in [0.5, 0.6) is 0 Å². The van der Waals surface area contributed by atoms with E-state index in [1.54, 1.807) is 30.3 Å². The maximum Gasteiger partial charge on any atom is 0.470 e. The third-order valence-electron chi connectivity index (χ3n) is 7.37. The molecule has 0 radical (unpaired) electrons. The van der Waals surface area contributed by atoms with Crippen LogP contribution < -0.4 is 5.73 Å². The lowest BCUT2D eigenvalue weighted by Gasteiger charge is -2.44. The Morgan fingerprint density at radius 3 is 2.06 bits per heavy atom. The van der Waals surface area contributed by atoms with E-state index in [-0.39, 0.29) is 23.4 Å². The summed E-state index contributed by atoms with van der Waals surface area (Å²) in [6.45, 7) is -1.09. The van der Waals surface area contributed by atoms with E-state index in [1.165, 1.54) is 10.9 Å². The second-order valence-corrected chi connectivity index (χ2v) is 14.2. The molecule has 48 heavy (non-hydrogen) atoms. The van der Waals surface area contributed by atoms with Crippen molar-refractivity contribution in [3.8, 4) is 0 Å². The Hall–Kier alpha value is -2.30. The Bertz CT molecular complexity index is 1700. The highest BCUT2D eigenvalue weighted by molar-refractivity contribution is 7.46. The van der Waals surface area contributed by atoms with Gasteiger partial charge < -0.3 is 59.5 Å². The predicted octanol–water partition coefficient (Wildman–Crippen LogP) is -1.16. The lowest BCUT2D eigenvalue weighted by Crippen LogP contribution is -2.61. The van der Waals surface area contributed by atoms with Gasteiger partial charge >= 0.3 is 23.5 Å². The Balaban J connectivity index is 1.54. The van der Waals surface area contributed by atoms with Gasteiger partial charge in [-0.05, 0) is 18.4 Å². The summed E-state index contributed by atoms with van der Waals surface area (Å²) >= 11 is 0. The van der Waals surface area contributed by atoms with Crippen LogP contribution >= 0.6 is 23.5 Å². The van der Waals surface area contributed by atoms with Gasteiger partial charge in [0.25, 0.3) is 0 Å². The van der Waals surface area contributed by atoms with Gasteiger partial charge in [-0.3, -0.25) is 18.1 Å². The standard InChI is InChI=1S/C23H32N5O17P3/c24-20-14-21(26-9-25-20)28(10-27-14)22-19(45-48(37,38)39)16(12(40-22)7-6-11-4-2-1-3-5-11)42-23-15(30)18(44-47(34,35)36)17(13(8-29)41-23)43-46(31,32)33/h1-5,9-10,12-13,15-19,22-23,29-30H,6-8H2,(H2,24,25,26)(H2,31,32,33)(H2,34,35,36)(H2,37,38,39)/t12-,13-,15-,16-,17-,18-,19-,22-,23-/m1/s1. The average Bonchev–Trinajstić information content (AvgIpc) is 3.55. The first-order valence-corrected chi connectivity index (χ1v) is 18.5. The van der Waals surface area contributed by atoms with Crippen molar-refractivity contribution < 1.29 is 81.1 Å². The van der Waals surface area contributed by atoms with E-state index in [0.717, 1.165) is 11.9 Å². The molecule has 5 rings (SSSR count). The molecule has 10 N–H and O–H groups in total. The van der Waals surface area contributed by atoms with Crippen LogP contribution in [0.1, 0.15) is 18.2 Å². The van der Waals surface area contributed by atoms with Gasteiger partial charge in [0.05, 0.1) is 19.0 Å². The van der Waals surface area contributed by atoms with Crippen LogP contribution in [0.3, 0.4) is 0 Å². The summed E-state index contributed by atoms with van der Waals surface area (Å²) in [5.41, 5.74) is 6.93. The van der Waals surface area contributed by atoms with Gasteiger partial charge in [-0.1, -0.05) is 30.3 Å². The van der Waals surface area contributed by atoms with Gasteiger partial charge in [-0.25, -0.2) is 28.6 Å². The Morgan fingerprint density at radius 1 is 0.812 bits per heavy atom. The molecule has 0 spiro atoms. The summed E-state index contributed by atoms with van der Waals surface area (Å²) in [6.07, 6.45) is -13.8. The number of aromatic nitrogens is 4. The second-order valence-electron chi connectivity index (χ2n) is 10.7. The molecule has 2 saturated heterocycles. The molecule has 0 amide bonds. The lowest BCUT2D eigenvalue weighted by atomic mass is 9.98. The molecule has 2 fully saturated rings. The molecule has 2 aromatic heterocycles. The molecule has 2 aliphatic heterocycles. The number of phosphoric ester groups is 3. The van der Waals surface area contributed by atoms with Crippen molar-refractivity contribution in [3.05, 3.63) is 48.5 Å². The first-order valence-electron chi connectivity index (χ1n) is 13.9. The van der Waals surface area contributed by atoms with Crippen LogP contribution in [0.15, 0.2) is 43.0 Å². The van der Waals surface area contributed by atoms with E-state index in [4.69, 9.17) is 24.5 Å². The quantitative estimate of drug-likeness (QED) is 0.0932. The molecular formula is C23H32N5O17P3. The van der Waals surface area contributed by atoms with Crippen molar-refractivity contribution in [1.82, 2.24) is 19.5 Å². The number of phosphoric acid groups is 3. The number of fused-ring (bicyclic) bond motifs is 1. The third kappa shape index (κ3) is 8.88.